The molecule has 2 heterocycles. The Morgan fingerprint density at radius 1 is 1.24 bits per heavy atom. The molecule has 0 spiro atoms. The molecule has 1 atom stereocenters. The molecule has 0 fully saturated rings. The number of ether oxygens (including phenoxy) is 2. The molecule has 3 aromatic rings. The summed E-state index contributed by atoms with van der Waals surface area (Å²) in [6, 6.07) is 10.5. The Balaban J connectivity index is 1.69. The lowest BCUT2D eigenvalue weighted by molar-refractivity contribution is -0.385. The normalized spacial score (nSPS) is 11.8. The molecule has 0 aliphatic heterocycles. The van der Waals surface area contributed by atoms with E-state index in [1.165, 1.54) is 42.2 Å². The predicted molar refractivity (Wildman–Crippen MR) is 124 cm³/mol. The third-order valence-electron chi connectivity index (χ3n) is 4.85. The number of hydrogen-bond acceptors (Lipinski definition) is 8. The second-order valence-corrected chi connectivity index (χ2v) is 7.74. The highest BCUT2D eigenvalue weighted by Gasteiger charge is 2.32. The molecule has 0 aliphatic rings. The largest absolute Gasteiger partial charge is 0.481 e. The van der Waals surface area contributed by atoms with Gasteiger partial charge in [0.05, 0.1) is 10.5 Å². The SMILES string of the molecule is CCN(C(=O)C(C)Oc1ccc(Oc2ncc(C(F)(F)F)cc2Cl)cc1)c1ccc([N+](=O)[O-])c(C#N)n1. The summed E-state index contributed by atoms with van der Waals surface area (Å²) < 4.78 is 49.4. The van der Waals surface area contributed by atoms with Gasteiger partial charge in [0.2, 0.25) is 11.6 Å². The van der Waals surface area contributed by atoms with Gasteiger partial charge in [-0.2, -0.15) is 18.4 Å². The number of alkyl halides is 3. The van der Waals surface area contributed by atoms with Gasteiger partial charge in [0.15, 0.2) is 6.10 Å². The summed E-state index contributed by atoms with van der Waals surface area (Å²) in [4.78, 5) is 32.0. The van der Waals surface area contributed by atoms with Gasteiger partial charge in [-0.05, 0) is 50.2 Å². The Bertz CT molecular complexity index is 1360. The van der Waals surface area contributed by atoms with Crippen molar-refractivity contribution in [2.45, 2.75) is 26.1 Å². The van der Waals surface area contributed by atoms with Crippen molar-refractivity contribution >= 4 is 29.0 Å². The van der Waals surface area contributed by atoms with Crippen LogP contribution in [-0.2, 0) is 11.0 Å². The minimum atomic E-state index is -4.60. The zero-order valence-electron chi connectivity index (χ0n) is 19.2. The number of amides is 1. The smallest absolute Gasteiger partial charge is 0.417 e. The first kappa shape index (κ1) is 27.2. The van der Waals surface area contributed by atoms with Gasteiger partial charge in [-0.25, -0.2) is 9.97 Å². The number of carbonyl (C=O) groups excluding carboxylic acids is 1. The van der Waals surface area contributed by atoms with E-state index in [1.54, 1.807) is 13.0 Å². The predicted octanol–water partition coefficient (Wildman–Crippen LogP) is 5.54. The number of pyridine rings is 2. The minimum absolute atomic E-state index is 0.0507. The molecule has 0 saturated heterocycles. The van der Waals surface area contributed by atoms with E-state index < -0.39 is 40.1 Å². The van der Waals surface area contributed by atoms with Crippen LogP contribution >= 0.6 is 11.6 Å². The van der Waals surface area contributed by atoms with Gasteiger partial charge in [-0.15, -0.1) is 0 Å². The Hall–Kier alpha value is -4.44. The van der Waals surface area contributed by atoms with E-state index >= 15 is 0 Å². The second-order valence-electron chi connectivity index (χ2n) is 7.33. The fraction of sp³-hybridized carbons (Fsp3) is 0.217. The van der Waals surface area contributed by atoms with Crippen LogP contribution < -0.4 is 14.4 Å². The Labute approximate surface area is 213 Å². The zero-order chi connectivity index (χ0) is 27.3. The number of hydrogen-bond donors (Lipinski definition) is 0. The highest BCUT2D eigenvalue weighted by Crippen LogP contribution is 2.35. The molecule has 2 aromatic heterocycles. The van der Waals surface area contributed by atoms with Crippen molar-refractivity contribution in [1.29, 1.82) is 5.26 Å². The van der Waals surface area contributed by atoms with E-state index in [4.69, 9.17) is 26.3 Å². The maximum atomic E-state index is 13.0. The molecule has 37 heavy (non-hydrogen) atoms. The van der Waals surface area contributed by atoms with Crippen molar-refractivity contribution in [3.8, 4) is 23.4 Å². The molecule has 14 heteroatoms. The first-order valence-corrected chi connectivity index (χ1v) is 10.9. The second kappa shape index (κ2) is 11.1. The first-order valence-electron chi connectivity index (χ1n) is 10.5. The third-order valence-corrected chi connectivity index (χ3v) is 5.13. The van der Waals surface area contributed by atoms with Crippen molar-refractivity contribution in [3.05, 3.63) is 75.1 Å². The number of carbonyl (C=O) groups is 1. The quantitative estimate of drug-likeness (QED) is 0.271. The van der Waals surface area contributed by atoms with Crippen molar-refractivity contribution < 1.29 is 32.4 Å². The average Bonchev–Trinajstić information content (AvgIpc) is 2.85. The summed E-state index contributed by atoms with van der Waals surface area (Å²) in [5.74, 6) is -0.221. The number of halogens is 4. The zero-order valence-corrected chi connectivity index (χ0v) is 19.9. The van der Waals surface area contributed by atoms with Gasteiger partial charge in [0.25, 0.3) is 5.91 Å². The lowest BCUT2D eigenvalue weighted by Gasteiger charge is -2.24. The van der Waals surface area contributed by atoms with E-state index in [0.717, 1.165) is 6.07 Å². The summed E-state index contributed by atoms with van der Waals surface area (Å²) in [7, 11) is 0. The number of rotatable bonds is 8. The van der Waals surface area contributed by atoms with Gasteiger partial charge >= 0.3 is 11.9 Å². The summed E-state index contributed by atoms with van der Waals surface area (Å²) in [6.07, 6.45) is -5.01. The van der Waals surface area contributed by atoms with Gasteiger partial charge in [-0.3, -0.25) is 19.8 Å². The third kappa shape index (κ3) is 6.42. The Morgan fingerprint density at radius 2 is 1.89 bits per heavy atom. The molecular formula is C23H17ClF3N5O5. The number of aromatic nitrogens is 2. The van der Waals surface area contributed by atoms with Crippen LogP contribution in [0.1, 0.15) is 25.1 Å². The van der Waals surface area contributed by atoms with Crippen LogP contribution in [0.4, 0.5) is 24.7 Å². The van der Waals surface area contributed by atoms with Crippen LogP contribution in [-0.4, -0.2) is 33.4 Å². The van der Waals surface area contributed by atoms with Crippen LogP contribution in [0.25, 0.3) is 0 Å². The number of benzene rings is 1. The maximum Gasteiger partial charge on any atom is 0.417 e. The molecular weight excluding hydrogens is 519 g/mol. The molecule has 1 unspecified atom stereocenters. The molecule has 1 aromatic carbocycles. The molecule has 0 aliphatic carbocycles. The van der Waals surface area contributed by atoms with Crippen molar-refractivity contribution in [3.63, 3.8) is 0 Å². The van der Waals surface area contributed by atoms with E-state index in [9.17, 15) is 28.1 Å². The summed E-state index contributed by atoms with van der Waals surface area (Å²) >= 11 is 5.85. The summed E-state index contributed by atoms with van der Waals surface area (Å²) in [5, 5.41) is 19.8. The number of nitriles is 1. The average molecular weight is 536 g/mol. The Morgan fingerprint density at radius 3 is 2.43 bits per heavy atom. The van der Waals surface area contributed by atoms with Gasteiger partial charge < -0.3 is 9.47 Å². The molecule has 0 saturated carbocycles. The fourth-order valence-corrected chi connectivity index (χ4v) is 3.28. The Kier molecular flexibility index (Phi) is 8.14. The molecule has 192 valence electrons. The lowest BCUT2D eigenvalue weighted by atomic mass is 10.2. The topological polar surface area (TPSA) is 131 Å². The van der Waals surface area contributed by atoms with E-state index in [-0.39, 0.29) is 34.8 Å². The van der Waals surface area contributed by atoms with Crippen LogP contribution in [0.2, 0.25) is 5.02 Å². The molecule has 0 radical (unpaired) electrons. The van der Waals surface area contributed by atoms with Crippen LogP contribution in [0.3, 0.4) is 0 Å². The van der Waals surface area contributed by atoms with E-state index in [1.807, 2.05) is 0 Å². The molecule has 0 bridgehead atoms. The van der Waals surface area contributed by atoms with Crippen LogP contribution in [0.5, 0.6) is 17.4 Å². The van der Waals surface area contributed by atoms with Crippen LogP contribution in [0.15, 0.2) is 48.7 Å². The highest BCUT2D eigenvalue weighted by atomic mass is 35.5. The minimum Gasteiger partial charge on any atom is -0.481 e. The number of anilines is 1. The van der Waals surface area contributed by atoms with Gasteiger partial charge in [0, 0.05) is 18.8 Å². The monoisotopic (exact) mass is 535 g/mol. The van der Waals surface area contributed by atoms with Gasteiger partial charge in [-0.1, -0.05) is 11.6 Å². The number of nitrogens with zero attached hydrogens (tertiary/aromatic N) is 5. The molecule has 0 N–H and O–H groups in total. The van der Waals surface area contributed by atoms with Crippen molar-refractivity contribution in [1.82, 2.24) is 9.97 Å². The molecule has 10 nitrogen and oxygen atoms in total. The first-order chi connectivity index (χ1) is 17.4. The number of likely N-dealkylation sites (N-methyl/N-ethyl adjacent to an activating group) is 1. The van der Waals surface area contributed by atoms with E-state index in [2.05, 4.69) is 9.97 Å². The number of nitro groups is 1. The summed E-state index contributed by atoms with van der Waals surface area (Å²) in [6.45, 7) is 3.29. The van der Waals surface area contributed by atoms with Gasteiger partial charge in [0.1, 0.15) is 28.4 Å². The fourth-order valence-electron chi connectivity index (χ4n) is 3.08. The van der Waals surface area contributed by atoms with E-state index in [0.29, 0.717) is 12.3 Å². The van der Waals surface area contributed by atoms with Crippen molar-refractivity contribution in [2.75, 3.05) is 11.4 Å². The maximum absolute atomic E-state index is 13.0. The standard InChI is InChI=1S/C23H17ClF3N5O5/c1-3-31(20-9-8-19(32(34)35)18(11-28)30-20)22(33)13(2)36-15-4-6-16(7-5-15)37-21-17(24)10-14(12-29-21)23(25,26)27/h4-10,12-13H,3H2,1-2H3. The van der Waals surface area contributed by atoms with Crippen molar-refractivity contribution in [2.24, 2.45) is 0 Å². The highest BCUT2D eigenvalue weighted by molar-refractivity contribution is 6.31. The van der Waals surface area contributed by atoms with Crippen LogP contribution in [0, 0.1) is 21.4 Å². The molecule has 3 rings (SSSR count). The molecule has 1 amide bonds. The lowest BCUT2D eigenvalue weighted by Crippen LogP contribution is -2.41. The summed E-state index contributed by atoms with van der Waals surface area (Å²) in [5.41, 5.74) is -1.92.